The molecule has 0 aromatic heterocycles. The Morgan fingerprint density at radius 3 is 2.38 bits per heavy atom. The Kier molecular flexibility index (Phi) is 6.88. The summed E-state index contributed by atoms with van der Waals surface area (Å²) in [5, 5.41) is 5.97. The van der Waals surface area contributed by atoms with E-state index in [1.165, 1.54) is 6.92 Å². The van der Waals surface area contributed by atoms with Gasteiger partial charge in [0.25, 0.3) is 11.8 Å². The average molecular weight is 415 g/mol. The monoisotopic (exact) mass is 414 g/mol. The van der Waals surface area contributed by atoms with E-state index < -0.39 is 24.0 Å². The van der Waals surface area contributed by atoms with Gasteiger partial charge in [0, 0.05) is 6.04 Å². The zero-order chi connectivity index (χ0) is 20.8. The molecule has 2 atom stereocenters. The maximum atomic E-state index is 12.7. The van der Waals surface area contributed by atoms with Gasteiger partial charge in [0.1, 0.15) is 0 Å². The number of esters is 1. The minimum absolute atomic E-state index is 0.110. The van der Waals surface area contributed by atoms with E-state index in [-0.39, 0.29) is 18.4 Å². The maximum absolute atomic E-state index is 12.7. The molecule has 1 fully saturated rings. The second-order valence-electron chi connectivity index (χ2n) is 7.04. The summed E-state index contributed by atoms with van der Waals surface area (Å²) < 4.78 is 5.28. The maximum Gasteiger partial charge on any atom is 0.309 e. The Bertz CT molecular complexity index is 883. The molecule has 29 heavy (non-hydrogen) atoms. The normalized spacial score (nSPS) is 15.1. The Hall–Kier alpha value is -2.86. The fraction of sp³-hybridized carbons (Fsp3) is 0.318. The predicted octanol–water partition coefficient (Wildman–Crippen LogP) is 3.41. The first-order valence-corrected chi connectivity index (χ1v) is 9.92. The summed E-state index contributed by atoms with van der Waals surface area (Å²) in [7, 11) is 0. The largest absolute Gasteiger partial charge is 0.452 e. The number of nitrogens with one attached hydrogen (secondary N) is 2. The van der Waals surface area contributed by atoms with Gasteiger partial charge in [-0.25, -0.2) is 0 Å². The highest BCUT2D eigenvalue weighted by Gasteiger charge is 2.28. The Morgan fingerprint density at radius 2 is 1.72 bits per heavy atom. The third-order valence-corrected chi connectivity index (χ3v) is 4.93. The van der Waals surface area contributed by atoms with Crippen molar-refractivity contribution in [3.63, 3.8) is 0 Å². The lowest BCUT2D eigenvalue weighted by Crippen LogP contribution is -2.38. The Balaban J connectivity index is 1.67. The number of benzene rings is 2. The summed E-state index contributed by atoms with van der Waals surface area (Å²) in [6.45, 7) is 1.54. The van der Waals surface area contributed by atoms with Crippen molar-refractivity contribution in [2.75, 3.05) is 0 Å². The first kappa shape index (κ1) is 20.9. The SMILES string of the molecule is C[C@H](OC(=O)C[C@@H](NC(=O)c1ccccc1Cl)c1ccccc1)C(=O)NC1CC1. The van der Waals surface area contributed by atoms with Crippen molar-refractivity contribution < 1.29 is 19.1 Å². The predicted molar refractivity (Wildman–Crippen MR) is 109 cm³/mol. The molecule has 6 nitrogen and oxygen atoms in total. The molecule has 0 bridgehead atoms. The number of ether oxygens (including phenoxy) is 1. The van der Waals surface area contributed by atoms with Gasteiger partial charge < -0.3 is 15.4 Å². The summed E-state index contributed by atoms with van der Waals surface area (Å²) in [6, 6.07) is 15.4. The molecule has 0 heterocycles. The number of hydrogen-bond acceptors (Lipinski definition) is 4. The molecule has 152 valence electrons. The molecule has 0 unspecified atom stereocenters. The van der Waals surface area contributed by atoms with Crippen LogP contribution in [0.25, 0.3) is 0 Å². The molecule has 1 aliphatic rings. The molecule has 2 aromatic rings. The molecule has 1 aliphatic carbocycles. The van der Waals surface area contributed by atoms with E-state index in [9.17, 15) is 14.4 Å². The lowest BCUT2D eigenvalue weighted by molar-refractivity contribution is -0.155. The highest BCUT2D eigenvalue weighted by molar-refractivity contribution is 6.33. The molecule has 2 N–H and O–H groups in total. The first-order chi connectivity index (χ1) is 13.9. The van der Waals surface area contributed by atoms with E-state index in [2.05, 4.69) is 10.6 Å². The minimum atomic E-state index is -0.890. The molecule has 3 rings (SSSR count). The zero-order valence-corrected chi connectivity index (χ0v) is 16.8. The Labute approximate surface area is 174 Å². The molecule has 1 saturated carbocycles. The van der Waals surface area contributed by atoms with Gasteiger partial charge in [-0.05, 0) is 37.5 Å². The standard InChI is InChI=1S/C22H23ClN2O4/c1-14(21(27)24-16-11-12-16)29-20(26)13-19(15-7-3-2-4-8-15)25-22(28)17-9-5-6-10-18(17)23/h2-10,14,16,19H,11-13H2,1H3,(H,24,27)(H,25,28)/t14-,19+/m0/s1. The second-order valence-corrected chi connectivity index (χ2v) is 7.44. The summed E-state index contributed by atoms with van der Waals surface area (Å²) in [5.41, 5.74) is 1.07. The third-order valence-electron chi connectivity index (χ3n) is 4.60. The van der Waals surface area contributed by atoms with Gasteiger partial charge in [-0.15, -0.1) is 0 Å². The van der Waals surface area contributed by atoms with Gasteiger partial charge in [-0.2, -0.15) is 0 Å². The number of hydrogen-bond donors (Lipinski definition) is 2. The van der Waals surface area contributed by atoms with E-state index in [0.29, 0.717) is 10.6 Å². The molecular formula is C22H23ClN2O4. The van der Waals surface area contributed by atoms with Crippen LogP contribution in [0, 0.1) is 0 Å². The van der Waals surface area contributed by atoms with Gasteiger partial charge in [-0.3, -0.25) is 14.4 Å². The zero-order valence-electron chi connectivity index (χ0n) is 16.1. The van der Waals surface area contributed by atoms with Crippen LogP contribution in [0.15, 0.2) is 54.6 Å². The van der Waals surface area contributed by atoms with Crippen LogP contribution in [0.4, 0.5) is 0 Å². The van der Waals surface area contributed by atoms with Gasteiger partial charge in [0.15, 0.2) is 6.10 Å². The average Bonchev–Trinajstić information content (AvgIpc) is 3.52. The lowest BCUT2D eigenvalue weighted by Gasteiger charge is -2.20. The quantitative estimate of drug-likeness (QED) is 0.648. The number of amides is 2. The van der Waals surface area contributed by atoms with E-state index >= 15 is 0 Å². The van der Waals surface area contributed by atoms with Crippen molar-refractivity contribution in [2.45, 2.75) is 44.4 Å². The van der Waals surface area contributed by atoms with E-state index in [1.54, 1.807) is 24.3 Å². The van der Waals surface area contributed by atoms with Gasteiger partial charge in [-0.1, -0.05) is 54.1 Å². The van der Waals surface area contributed by atoms with Gasteiger partial charge >= 0.3 is 5.97 Å². The van der Waals surface area contributed by atoms with Crippen LogP contribution in [-0.4, -0.2) is 29.9 Å². The molecule has 0 saturated heterocycles. The molecule has 7 heteroatoms. The lowest BCUT2D eigenvalue weighted by atomic mass is 10.0. The fourth-order valence-corrected chi connectivity index (χ4v) is 3.05. The highest BCUT2D eigenvalue weighted by Crippen LogP contribution is 2.22. The number of halogens is 1. The van der Waals surface area contributed by atoms with E-state index in [1.807, 2.05) is 30.3 Å². The molecule has 2 aromatic carbocycles. The van der Waals surface area contributed by atoms with Crippen molar-refractivity contribution in [3.05, 3.63) is 70.7 Å². The molecule has 0 spiro atoms. The summed E-state index contributed by atoms with van der Waals surface area (Å²) in [5.74, 6) is -1.27. The van der Waals surface area contributed by atoms with Crippen LogP contribution >= 0.6 is 11.6 Å². The minimum Gasteiger partial charge on any atom is -0.452 e. The second kappa shape index (κ2) is 9.56. The Morgan fingerprint density at radius 1 is 1.07 bits per heavy atom. The van der Waals surface area contributed by atoms with Crippen molar-refractivity contribution in [1.82, 2.24) is 10.6 Å². The van der Waals surface area contributed by atoms with Crippen LogP contribution in [0.1, 0.15) is 48.1 Å². The van der Waals surface area contributed by atoms with E-state index in [0.717, 1.165) is 18.4 Å². The molecule has 2 amide bonds. The highest BCUT2D eigenvalue weighted by atomic mass is 35.5. The van der Waals surface area contributed by atoms with Crippen LogP contribution < -0.4 is 10.6 Å². The van der Waals surface area contributed by atoms with E-state index in [4.69, 9.17) is 16.3 Å². The van der Waals surface area contributed by atoms with Crippen molar-refractivity contribution in [2.24, 2.45) is 0 Å². The molecule has 0 aliphatic heterocycles. The van der Waals surface area contributed by atoms with Crippen molar-refractivity contribution >= 4 is 29.4 Å². The van der Waals surface area contributed by atoms with Gasteiger partial charge in [0.05, 0.1) is 23.0 Å². The number of carbonyl (C=O) groups excluding carboxylic acids is 3. The first-order valence-electron chi connectivity index (χ1n) is 9.54. The molecule has 0 radical (unpaired) electrons. The number of carbonyl (C=O) groups is 3. The van der Waals surface area contributed by atoms with Crippen molar-refractivity contribution in [3.8, 4) is 0 Å². The van der Waals surface area contributed by atoms with Crippen LogP contribution in [0.3, 0.4) is 0 Å². The third kappa shape index (κ3) is 6.06. The van der Waals surface area contributed by atoms with Crippen molar-refractivity contribution in [1.29, 1.82) is 0 Å². The van der Waals surface area contributed by atoms with Gasteiger partial charge in [0.2, 0.25) is 0 Å². The smallest absolute Gasteiger partial charge is 0.309 e. The summed E-state index contributed by atoms with van der Waals surface area (Å²) >= 11 is 6.11. The topological polar surface area (TPSA) is 84.5 Å². The van der Waals surface area contributed by atoms with Crippen LogP contribution in [0.2, 0.25) is 5.02 Å². The number of rotatable bonds is 8. The summed E-state index contributed by atoms with van der Waals surface area (Å²) in [4.78, 5) is 37.1. The molecular weight excluding hydrogens is 392 g/mol. The van der Waals surface area contributed by atoms with Crippen LogP contribution in [-0.2, 0) is 14.3 Å². The summed E-state index contributed by atoms with van der Waals surface area (Å²) in [6.07, 6.45) is 0.910. The van der Waals surface area contributed by atoms with Crippen LogP contribution in [0.5, 0.6) is 0 Å². The fourth-order valence-electron chi connectivity index (χ4n) is 2.83.